The van der Waals surface area contributed by atoms with E-state index in [2.05, 4.69) is 10.5 Å². The van der Waals surface area contributed by atoms with E-state index in [0.717, 1.165) is 5.69 Å². The standard InChI is InChI=1S/C14H17ClF2N4/c1-3-10-14(15)12(21(2)20-10)7-11(19-18)13-8(16)5-4-6-9(13)17/h4-6,11,19H,3,7,18H2,1-2H3. The Bertz CT molecular complexity index is 622. The lowest BCUT2D eigenvalue weighted by molar-refractivity contribution is 0.464. The highest BCUT2D eigenvalue weighted by molar-refractivity contribution is 6.31. The summed E-state index contributed by atoms with van der Waals surface area (Å²) in [6, 6.07) is 2.98. The van der Waals surface area contributed by atoms with E-state index in [0.29, 0.717) is 17.1 Å². The molecule has 2 aromatic rings. The summed E-state index contributed by atoms with van der Waals surface area (Å²) < 4.78 is 29.4. The van der Waals surface area contributed by atoms with Gasteiger partial charge in [0.15, 0.2) is 0 Å². The minimum Gasteiger partial charge on any atom is -0.271 e. The van der Waals surface area contributed by atoms with E-state index < -0.39 is 17.7 Å². The molecule has 21 heavy (non-hydrogen) atoms. The molecule has 0 saturated heterocycles. The second-order valence-electron chi connectivity index (χ2n) is 4.74. The average Bonchev–Trinajstić information content (AvgIpc) is 2.72. The molecule has 0 bridgehead atoms. The molecule has 3 N–H and O–H groups in total. The molecule has 1 atom stereocenters. The van der Waals surface area contributed by atoms with Crippen LogP contribution >= 0.6 is 11.6 Å². The van der Waals surface area contributed by atoms with Crippen molar-refractivity contribution in [1.29, 1.82) is 0 Å². The predicted molar refractivity (Wildman–Crippen MR) is 77.7 cm³/mol. The topological polar surface area (TPSA) is 55.9 Å². The summed E-state index contributed by atoms with van der Waals surface area (Å²) in [7, 11) is 1.74. The maximum Gasteiger partial charge on any atom is 0.130 e. The summed E-state index contributed by atoms with van der Waals surface area (Å²) >= 11 is 6.26. The molecule has 114 valence electrons. The van der Waals surface area contributed by atoms with E-state index in [1.54, 1.807) is 11.7 Å². The molecular weight excluding hydrogens is 298 g/mol. The van der Waals surface area contributed by atoms with Crippen LogP contribution in [0.3, 0.4) is 0 Å². The van der Waals surface area contributed by atoms with Gasteiger partial charge in [-0.25, -0.2) is 8.78 Å². The molecule has 0 aliphatic carbocycles. The first-order valence-electron chi connectivity index (χ1n) is 6.59. The maximum absolute atomic E-state index is 13.9. The van der Waals surface area contributed by atoms with Crippen molar-refractivity contribution in [2.45, 2.75) is 25.8 Å². The van der Waals surface area contributed by atoms with Gasteiger partial charge >= 0.3 is 0 Å². The highest BCUT2D eigenvalue weighted by Gasteiger charge is 2.23. The van der Waals surface area contributed by atoms with E-state index >= 15 is 0 Å². The van der Waals surface area contributed by atoms with E-state index in [4.69, 9.17) is 17.4 Å². The quantitative estimate of drug-likeness (QED) is 0.659. The van der Waals surface area contributed by atoms with Crippen LogP contribution in [0.25, 0.3) is 0 Å². The largest absolute Gasteiger partial charge is 0.271 e. The highest BCUT2D eigenvalue weighted by atomic mass is 35.5. The molecule has 0 saturated carbocycles. The second kappa shape index (κ2) is 6.51. The lowest BCUT2D eigenvalue weighted by Crippen LogP contribution is -2.31. The van der Waals surface area contributed by atoms with Gasteiger partial charge in [0.1, 0.15) is 11.6 Å². The molecule has 0 aliphatic heterocycles. The summed E-state index contributed by atoms with van der Waals surface area (Å²) in [5.74, 6) is 4.18. The number of hydrogen-bond acceptors (Lipinski definition) is 3. The Labute approximate surface area is 126 Å². The molecule has 1 heterocycles. The third-order valence-corrected chi connectivity index (χ3v) is 3.89. The fourth-order valence-electron chi connectivity index (χ4n) is 2.32. The predicted octanol–water partition coefficient (Wildman–Crippen LogP) is 2.66. The summed E-state index contributed by atoms with van der Waals surface area (Å²) in [5.41, 5.74) is 3.78. The van der Waals surface area contributed by atoms with Crippen LogP contribution in [0, 0.1) is 11.6 Å². The molecule has 1 aromatic carbocycles. The van der Waals surface area contributed by atoms with Crippen LogP contribution in [0.1, 0.15) is 29.9 Å². The molecule has 4 nitrogen and oxygen atoms in total. The van der Waals surface area contributed by atoms with Gasteiger partial charge in [0, 0.05) is 19.0 Å². The van der Waals surface area contributed by atoms with Gasteiger partial charge in [-0.3, -0.25) is 16.0 Å². The SMILES string of the molecule is CCc1nn(C)c(CC(NN)c2c(F)cccc2F)c1Cl. The number of aromatic nitrogens is 2. The molecule has 2 rings (SSSR count). The smallest absolute Gasteiger partial charge is 0.130 e. The van der Waals surface area contributed by atoms with Crippen LogP contribution < -0.4 is 11.3 Å². The van der Waals surface area contributed by atoms with E-state index in [1.807, 2.05) is 6.92 Å². The number of nitrogens with two attached hydrogens (primary N) is 1. The van der Waals surface area contributed by atoms with Gasteiger partial charge in [-0.1, -0.05) is 24.6 Å². The van der Waals surface area contributed by atoms with Crippen molar-refractivity contribution in [2.75, 3.05) is 0 Å². The van der Waals surface area contributed by atoms with E-state index in [-0.39, 0.29) is 12.0 Å². The molecule has 7 heteroatoms. The third-order valence-electron chi connectivity index (χ3n) is 3.45. The van der Waals surface area contributed by atoms with Crippen LogP contribution in [0.2, 0.25) is 5.02 Å². The Morgan fingerprint density at radius 3 is 2.48 bits per heavy atom. The number of halogens is 3. The monoisotopic (exact) mass is 314 g/mol. The Kier molecular flexibility index (Phi) is 4.92. The zero-order valence-corrected chi connectivity index (χ0v) is 12.6. The van der Waals surface area contributed by atoms with Crippen LogP contribution in [-0.4, -0.2) is 9.78 Å². The minimum absolute atomic E-state index is 0.102. The molecule has 1 unspecified atom stereocenters. The Hall–Kier alpha value is -1.50. The van der Waals surface area contributed by atoms with E-state index in [1.165, 1.54) is 18.2 Å². The van der Waals surface area contributed by atoms with Crippen molar-refractivity contribution >= 4 is 11.6 Å². The first-order chi connectivity index (χ1) is 9.99. The molecule has 0 spiro atoms. The first-order valence-corrected chi connectivity index (χ1v) is 6.97. The second-order valence-corrected chi connectivity index (χ2v) is 5.12. The van der Waals surface area contributed by atoms with Crippen LogP contribution in [0.15, 0.2) is 18.2 Å². The van der Waals surface area contributed by atoms with Gasteiger partial charge in [0.25, 0.3) is 0 Å². The van der Waals surface area contributed by atoms with Crippen molar-refractivity contribution in [3.05, 3.63) is 51.8 Å². The molecule has 0 aliphatic rings. The van der Waals surface area contributed by atoms with E-state index in [9.17, 15) is 8.78 Å². The van der Waals surface area contributed by atoms with Crippen LogP contribution in [0.5, 0.6) is 0 Å². The normalized spacial score (nSPS) is 12.7. The number of aryl methyl sites for hydroxylation is 2. The summed E-state index contributed by atoms with van der Waals surface area (Å²) in [6.07, 6.45) is 0.915. The maximum atomic E-state index is 13.9. The summed E-state index contributed by atoms with van der Waals surface area (Å²) in [4.78, 5) is 0. The lowest BCUT2D eigenvalue weighted by atomic mass is 10.0. The van der Waals surface area contributed by atoms with Gasteiger partial charge in [-0.05, 0) is 18.6 Å². The molecule has 0 radical (unpaired) electrons. The number of hydrazine groups is 1. The van der Waals surface area contributed by atoms with Gasteiger partial charge in [0.05, 0.1) is 22.5 Å². The Morgan fingerprint density at radius 2 is 2.00 bits per heavy atom. The fraction of sp³-hybridized carbons (Fsp3) is 0.357. The third kappa shape index (κ3) is 3.07. The van der Waals surface area contributed by atoms with Crippen molar-refractivity contribution in [3.63, 3.8) is 0 Å². The zero-order valence-electron chi connectivity index (χ0n) is 11.8. The average molecular weight is 315 g/mol. The number of rotatable bonds is 5. The van der Waals surface area contributed by atoms with Crippen LogP contribution in [-0.2, 0) is 19.9 Å². The van der Waals surface area contributed by atoms with Crippen molar-refractivity contribution < 1.29 is 8.78 Å². The number of nitrogens with one attached hydrogen (secondary N) is 1. The number of nitrogens with zero attached hydrogens (tertiary/aromatic N) is 2. The summed E-state index contributed by atoms with van der Waals surface area (Å²) in [6.45, 7) is 1.94. The van der Waals surface area contributed by atoms with Gasteiger partial charge in [0.2, 0.25) is 0 Å². The zero-order chi connectivity index (χ0) is 15.6. The Morgan fingerprint density at radius 1 is 1.38 bits per heavy atom. The highest BCUT2D eigenvalue weighted by Crippen LogP contribution is 2.28. The van der Waals surface area contributed by atoms with Crippen LogP contribution in [0.4, 0.5) is 8.78 Å². The first kappa shape index (κ1) is 15.9. The minimum atomic E-state index is -0.733. The Balaban J connectivity index is 2.38. The molecule has 1 aromatic heterocycles. The number of benzene rings is 1. The van der Waals surface area contributed by atoms with Crippen molar-refractivity contribution in [3.8, 4) is 0 Å². The fourth-order valence-corrected chi connectivity index (χ4v) is 2.69. The summed E-state index contributed by atoms with van der Waals surface area (Å²) in [5, 5.41) is 4.79. The number of hydrogen-bond donors (Lipinski definition) is 2. The van der Waals surface area contributed by atoms with Gasteiger partial charge in [-0.15, -0.1) is 0 Å². The van der Waals surface area contributed by atoms with Gasteiger partial charge in [-0.2, -0.15) is 5.10 Å². The van der Waals surface area contributed by atoms with Crippen molar-refractivity contribution in [2.24, 2.45) is 12.9 Å². The van der Waals surface area contributed by atoms with Gasteiger partial charge < -0.3 is 0 Å². The molecule has 0 fully saturated rings. The van der Waals surface area contributed by atoms with Crippen molar-refractivity contribution in [1.82, 2.24) is 15.2 Å². The molecular formula is C14H17ClF2N4. The lowest BCUT2D eigenvalue weighted by Gasteiger charge is -2.18. The molecule has 0 amide bonds.